The van der Waals surface area contributed by atoms with Crippen LogP contribution in [0.3, 0.4) is 0 Å². The molecule has 3 heteroatoms. The van der Waals surface area contributed by atoms with E-state index in [0.717, 1.165) is 19.4 Å². The van der Waals surface area contributed by atoms with E-state index in [1.54, 1.807) is 0 Å². The van der Waals surface area contributed by atoms with Gasteiger partial charge in [-0.25, -0.2) is 0 Å². The summed E-state index contributed by atoms with van der Waals surface area (Å²) in [5, 5.41) is 9.08. The van der Waals surface area contributed by atoms with Crippen LogP contribution in [0.4, 0.5) is 0 Å². The number of hydrogen-bond donors (Lipinski definition) is 0. The fourth-order valence-electron chi connectivity index (χ4n) is 2.76. The maximum absolute atomic E-state index is 12.3. The molecule has 1 saturated carbocycles. The Kier molecular flexibility index (Phi) is 2.69. The van der Waals surface area contributed by atoms with Crippen LogP contribution < -0.4 is 0 Å². The molecule has 2 fully saturated rings. The van der Waals surface area contributed by atoms with Gasteiger partial charge in [0, 0.05) is 12.6 Å². The largest absolute Gasteiger partial charge is 0.338 e. The fourth-order valence-corrected chi connectivity index (χ4v) is 2.76. The smallest absolute Gasteiger partial charge is 0.243 e. The van der Waals surface area contributed by atoms with Gasteiger partial charge in [-0.05, 0) is 38.0 Å². The maximum Gasteiger partial charge on any atom is 0.243 e. The van der Waals surface area contributed by atoms with Gasteiger partial charge in [0.15, 0.2) is 0 Å². The Labute approximate surface area is 97.4 Å². The molecule has 1 aliphatic heterocycles. The van der Waals surface area contributed by atoms with Gasteiger partial charge in [-0.2, -0.15) is 5.26 Å². The van der Waals surface area contributed by atoms with Crippen LogP contribution in [-0.4, -0.2) is 23.4 Å². The summed E-state index contributed by atoms with van der Waals surface area (Å²) in [6.07, 6.45) is 2.70. The first-order valence-corrected chi connectivity index (χ1v) is 6.22. The molecule has 0 bridgehead atoms. The minimum absolute atomic E-state index is 0.0842. The highest BCUT2D eigenvalue weighted by molar-refractivity contribution is 5.88. The van der Waals surface area contributed by atoms with Crippen molar-refractivity contribution in [1.29, 1.82) is 5.26 Å². The molecule has 1 aliphatic carbocycles. The molecule has 0 radical (unpaired) electrons. The third kappa shape index (κ3) is 1.71. The number of hydrogen-bond acceptors (Lipinski definition) is 2. The van der Waals surface area contributed by atoms with Crippen molar-refractivity contribution >= 4 is 5.91 Å². The summed E-state index contributed by atoms with van der Waals surface area (Å²) in [5.41, 5.74) is -0.648. The molecule has 3 nitrogen and oxygen atoms in total. The summed E-state index contributed by atoms with van der Waals surface area (Å²) in [7, 11) is 0. The van der Waals surface area contributed by atoms with Gasteiger partial charge in [-0.3, -0.25) is 4.79 Å². The Bertz CT molecular complexity index is 340. The van der Waals surface area contributed by atoms with Crippen molar-refractivity contribution in [2.24, 2.45) is 17.3 Å². The monoisotopic (exact) mass is 220 g/mol. The molecule has 1 amide bonds. The summed E-state index contributed by atoms with van der Waals surface area (Å²) in [6.45, 7) is 7.33. The molecule has 0 spiro atoms. The third-order valence-corrected chi connectivity index (χ3v) is 4.23. The lowest BCUT2D eigenvalue weighted by Gasteiger charge is -2.42. The number of carbonyl (C=O) groups is 1. The second kappa shape index (κ2) is 3.76. The van der Waals surface area contributed by atoms with Gasteiger partial charge in [0.05, 0.1) is 6.07 Å². The summed E-state index contributed by atoms with van der Waals surface area (Å²) in [6, 6.07) is 2.50. The molecule has 0 aromatic rings. The summed E-state index contributed by atoms with van der Waals surface area (Å²) in [5.74, 6) is 1.19. The van der Waals surface area contributed by atoms with Crippen LogP contribution in [0.15, 0.2) is 0 Å². The Morgan fingerprint density at radius 3 is 2.50 bits per heavy atom. The van der Waals surface area contributed by atoms with E-state index >= 15 is 0 Å². The average molecular weight is 220 g/mol. The zero-order valence-electron chi connectivity index (χ0n) is 10.4. The number of nitriles is 1. The Morgan fingerprint density at radius 1 is 1.38 bits per heavy atom. The molecule has 3 atom stereocenters. The molecular weight excluding hydrogens is 200 g/mol. The zero-order chi connectivity index (χ0) is 11.9. The molecule has 88 valence electrons. The van der Waals surface area contributed by atoms with Crippen LogP contribution >= 0.6 is 0 Å². The number of likely N-dealkylation sites (tertiary alicyclic amines) is 1. The molecule has 2 rings (SSSR count). The first-order chi connectivity index (χ1) is 7.50. The normalized spacial score (nSPS) is 36.6. The van der Waals surface area contributed by atoms with Crippen molar-refractivity contribution in [3.05, 3.63) is 0 Å². The number of piperidine rings is 1. The zero-order valence-corrected chi connectivity index (χ0v) is 10.4. The number of rotatable bonds is 1. The SMILES string of the molecule is CC1CC(C)C(C)N(C(=O)C2(C#N)CC2)C1. The van der Waals surface area contributed by atoms with Crippen molar-refractivity contribution in [1.82, 2.24) is 4.90 Å². The van der Waals surface area contributed by atoms with E-state index in [1.165, 1.54) is 6.42 Å². The molecule has 0 N–H and O–H groups in total. The minimum atomic E-state index is -0.648. The highest BCUT2D eigenvalue weighted by Gasteiger charge is 2.54. The van der Waals surface area contributed by atoms with Crippen LogP contribution in [0.2, 0.25) is 0 Å². The number of nitrogens with zero attached hydrogens (tertiary/aromatic N) is 2. The van der Waals surface area contributed by atoms with Crippen molar-refractivity contribution in [2.45, 2.75) is 46.1 Å². The van der Waals surface area contributed by atoms with Gasteiger partial charge in [-0.15, -0.1) is 0 Å². The first kappa shape index (κ1) is 11.4. The van der Waals surface area contributed by atoms with Crippen LogP contribution in [0, 0.1) is 28.6 Å². The molecule has 0 aromatic heterocycles. The van der Waals surface area contributed by atoms with E-state index in [9.17, 15) is 4.79 Å². The van der Waals surface area contributed by atoms with Crippen molar-refractivity contribution in [3.8, 4) is 6.07 Å². The minimum Gasteiger partial charge on any atom is -0.338 e. The van der Waals surface area contributed by atoms with Gasteiger partial charge in [0.1, 0.15) is 5.41 Å². The van der Waals surface area contributed by atoms with Crippen molar-refractivity contribution in [3.63, 3.8) is 0 Å². The Morgan fingerprint density at radius 2 is 2.00 bits per heavy atom. The molecule has 16 heavy (non-hydrogen) atoms. The van der Waals surface area contributed by atoms with Crippen LogP contribution in [0.5, 0.6) is 0 Å². The highest BCUT2D eigenvalue weighted by Crippen LogP contribution is 2.47. The van der Waals surface area contributed by atoms with E-state index in [1.807, 2.05) is 4.90 Å². The molecule has 1 saturated heterocycles. The number of carbonyl (C=O) groups excluding carboxylic acids is 1. The van der Waals surface area contributed by atoms with Crippen molar-refractivity contribution in [2.75, 3.05) is 6.54 Å². The van der Waals surface area contributed by atoms with E-state index in [0.29, 0.717) is 11.8 Å². The second-order valence-electron chi connectivity index (χ2n) is 5.71. The average Bonchev–Trinajstić information content (AvgIpc) is 3.03. The van der Waals surface area contributed by atoms with Gasteiger partial charge in [0.2, 0.25) is 5.91 Å². The predicted molar refractivity (Wildman–Crippen MR) is 61.4 cm³/mol. The fraction of sp³-hybridized carbons (Fsp3) is 0.846. The van der Waals surface area contributed by atoms with E-state index in [4.69, 9.17) is 5.26 Å². The van der Waals surface area contributed by atoms with Crippen LogP contribution in [-0.2, 0) is 4.79 Å². The summed E-state index contributed by atoms with van der Waals surface area (Å²) < 4.78 is 0. The lowest BCUT2D eigenvalue weighted by Crippen LogP contribution is -2.51. The molecule has 3 unspecified atom stereocenters. The quantitative estimate of drug-likeness (QED) is 0.680. The van der Waals surface area contributed by atoms with E-state index < -0.39 is 5.41 Å². The lowest BCUT2D eigenvalue weighted by atomic mass is 9.85. The molecule has 0 aromatic carbocycles. The number of amides is 1. The molecular formula is C13H20N2O. The molecule has 1 heterocycles. The van der Waals surface area contributed by atoms with Crippen molar-refractivity contribution < 1.29 is 4.79 Å². The van der Waals surface area contributed by atoms with Gasteiger partial charge >= 0.3 is 0 Å². The maximum atomic E-state index is 12.3. The Hall–Kier alpha value is -1.04. The van der Waals surface area contributed by atoms with E-state index in [-0.39, 0.29) is 11.9 Å². The highest BCUT2D eigenvalue weighted by atomic mass is 16.2. The summed E-state index contributed by atoms with van der Waals surface area (Å²) in [4.78, 5) is 14.3. The lowest BCUT2D eigenvalue weighted by molar-refractivity contribution is -0.140. The topological polar surface area (TPSA) is 44.1 Å². The van der Waals surface area contributed by atoms with Gasteiger partial charge in [-0.1, -0.05) is 13.8 Å². The summed E-state index contributed by atoms with van der Waals surface area (Å²) >= 11 is 0. The second-order valence-corrected chi connectivity index (χ2v) is 5.71. The van der Waals surface area contributed by atoms with E-state index in [2.05, 4.69) is 26.8 Å². The van der Waals surface area contributed by atoms with Crippen LogP contribution in [0.25, 0.3) is 0 Å². The first-order valence-electron chi connectivity index (χ1n) is 6.22. The van der Waals surface area contributed by atoms with Gasteiger partial charge < -0.3 is 4.90 Å². The Balaban J connectivity index is 2.14. The van der Waals surface area contributed by atoms with Crippen LogP contribution in [0.1, 0.15) is 40.0 Å². The van der Waals surface area contributed by atoms with Gasteiger partial charge in [0.25, 0.3) is 0 Å². The third-order valence-electron chi connectivity index (χ3n) is 4.23. The molecule has 2 aliphatic rings. The predicted octanol–water partition coefficient (Wildman–Crippen LogP) is 2.18. The standard InChI is InChI=1S/C13H20N2O/c1-9-6-10(2)11(3)15(7-9)12(16)13(8-14)4-5-13/h9-11H,4-7H2,1-3H3.